The number of para-hydroxylation sites is 1. The first-order valence-corrected chi connectivity index (χ1v) is 4.30. The van der Waals surface area contributed by atoms with Crippen LogP contribution in [-0.4, -0.2) is 11.9 Å². The van der Waals surface area contributed by atoms with Crippen LogP contribution in [0.2, 0.25) is 0 Å². The molecule has 0 N–H and O–H groups in total. The Hall–Kier alpha value is -1.84. The third-order valence-corrected chi connectivity index (χ3v) is 1.45. The van der Waals surface area contributed by atoms with Gasteiger partial charge in [-0.15, -0.1) is 0 Å². The number of rotatable bonds is 3. The fourth-order valence-electron chi connectivity index (χ4n) is 0.922. The Kier molecular flexibility index (Phi) is 3.85. The highest BCUT2D eigenvalue weighted by molar-refractivity contribution is 5.70. The van der Waals surface area contributed by atoms with E-state index >= 15 is 0 Å². The highest BCUT2D eigenvalue weighted by Gasteiger charge is 2.08. The molecule has 78 valence electrons. The minimum Gasteiger partial charge on any atom is -0.444 e. The van der Waals surface area contributed by atoms with Gasteiger partial charge in [-0.2, -0.15) is 0 Å². The van der Waals surface area contributed by atoms with E-state index in [0.29, 0.717) is 11.3 Å². The summed E-state index contributed by atoms with van der Waals surface area (Å²) in [7, 11) is 0. The van der Waals surface area contributed by atoms with Crippen molar-refractivity contribution in [3.05, 3.63) is 36.4 Å². The topological polar surface area (TPSA) is 52.6 Å². The second kappa shape index (κ2) is 5.14. The van der Waals surface area contributed by atoms with Crippen molar-refractivity contribution in [3.63, 3.8) is 0 Å². The summed E-state index contributed by atoms with van der Waals surface area (Å²) in [6.45, 7) is 4.95. The Balaban J connectivity index is 2.76. The summed E-state index contributed by atoms with van der Waals surface area (Å²) in [5.74, 6) is -0.606. The second-order valence-electron chi connectivity index (χ2n) is 2.79. The number of carbonyl (C=O) groups excluding carboxylic acids is 2. The molecule has 0 aliphatic rings. The monoisotopic (exact) mass is 206 g/mol. The number of hydrogen-bond acceptors (Lipinski definition) is 4. The number of hydrogen-bond donors (Lipinski definition) is 0. The van der Waals surface area contributed by atoms with Gasteiger partial charge in [0, 0.05) is 19.4 Å². The first-order chi connectivity index (χ1) is 7.09. The summed E-state index contributed by atoms with van der Waals surface area (Å²) in [5.41, 5.74) is 0.419. The Morgan fingerprint density at radius 1 is 1.13 bits per heavy atom. The minimum absolute atomic E-state index is 0.311. The number of ether oxygens (including phenoxy) is 2. The molecular weight excluding hydrogens is 196 g/mol. The zero-order chi connectivity index (χ0) is 11.3. The molecule has 1 rings (SSSR count). The van der Waals surface area contributed by atoms with Gasteiger partial charge in [0.25, 0.3) is 0 Å². The van der Waals surface area contributed by atoms with E-state index in [1.807, 2.05) is 0 Å². The van der Waals surface area contributed by atoms with Crippen LogP contribution in [0.4, 0.5) is 0 Å². The summed E-state index contributed by atoms with van der Waals surface area (Å²) in [6, 6.07) is 6.64. The van der Waals surface area contributed by atoms with Crippen LogP contribution in [0.25, 0.3) is 0 Å². The molecule has 0 aliphatic heterocycles. The lowest BCUT2D eigenvalue weighted by Gasteiger charge is -2.06. The molecule has 0 saturated carbocycles. The Labute approximate surface area is 87.8 Å². The number of benzene rings is 1. The van der Waals surface area contributed by atoms with Crippen LogP contribution in [0.15, 0.2) is 24.3 Å². The Morgan fingerprint density at radius 2 is 1.80 bits per heavy atom. The maximum Gasteiger partial charge on any atom is 0.308 e. The SMILES string of the molecule is CC(=O)O[C]c1ccccc1OC(C)=O. The van der Waals surface area contributed by atoms with Crippen molar-refractivity contribution >= 4 is 11.9 Å². The molecule has 2 radical (unpaired) electrons. The zero-order valence-corrected chi connectivity index (χ0v) is 8.44. The molecule has 0 fully saturated rings. The lowest BCUT2D eigenvalue weighted by atomic mass is 10.2. The zero-order valence-electron chi connectivity index (χ0n) is 8.44. The molecule has 1 aromatic carbocycles. The Bertz CT molecular complexity index is 371. The van der Waals surface area contributed by atoms with Crippen LogP contribution in [0.5, 0.6) is 5.75 Å². The van der Waals surface area contributed by atoms with Gasteiger partial charge in [0.05, 0.1) is 0 Å². The van der Waals surface area contributed by atoms with Crippen molar-refractivity contribution in [2.75, 3.05) is 0 Å². The molecule has 0 saturated heterocycles. The van der Waals surface area contributed by atoms with Gasteiger partial charge in [-0.1, -0.05) is 18.2 Å². The standard InChI is InChI=1S/C11H10O4/c1-8(12)14-7-10-5-3-4-6-11(10)15-9(2)13/h3-6H,1-2H3. The van der Waals surface area contributed by atoms with Gasteiger partial charge in [0.1, 0.15) is 5.75 Å². The smallest absolute Gasteiger partial charge is 0.308 e. The molecule has 0 bridgehead atoms. The normalized spacial score (nSPS) is 9.47. The molecule has 15 heavy (non-hydrogen) atoms. The van der Waals surface area contributed by atoms with Crippen LogP contribution in [-0.2, 0) is 14.3 Å². The maximum atomic E-state index is 10.7. The van der Waals surface area contributed by atoms with Gasteiger partial charge in [-0.05, 0) is 6.07 Å². The van der Waals surface area contributed by atoms with Crippen molar-refractivity contribution in [1.82, 2.24) is 0 Å². The quantitative estimate of drug-likeness (QED) is 0.556. The lowest BCUT2D eigenvalue weighted by molar-refractivity contribution is -0.137. The molecule has 0 heterocycles. The molecule has 0 amide bonds. The lowest BCUT2D eigenvalue weighted by Crippen LogP contribution is -2.05. The van der Waals surface area contributed by atoms with Crippen molar-refractivity contribution in [2.24, 2.45) is 0 Å². The molecule has 0 spiro atoms. The van der Waals surface area contributed by atoms with E-state index < -0.39 is 11.9 Å². The highest BCUT2D eigenvalue weighted by atomic mass is 16.5. The van der Waals surface area contributed by atoms with E-state index in [4.69, 9.17) is 4.74 Å². The average molecular weight is 206 g/mol. The summed E-state index contributed by atoms with van der Waals surface area (Å²) in [4.78, 5) is 21.3. The van der Waals surface area contributed by atoms with E-state index in [1.54, 1.807) is 24.3 Å². The molecular formula is C11H10O4. The Morgan fingerprint density at radius 3 is 2.40 bits per heavy atom. The first-order valence-electron chi connectivity index (χ1n) is 4.30. The van der Waals surface area contributed by atoms with Gasteiger partial charge in [-0.3, -0.25) is 9.59 Å². The van der Waals surface area contributed by atoms with Gasteiger partial charge in [0.2, 0.25) is 6.61 Å². The van der Waals surface area contributed by atoms with E-state index in [-0.39, 0.29) is 0 Å². The summed E-state index contributed by atoms with van der Waals surface area (Å²) < 4.78 is 9.45. The third kappa shape index (κ3) is 3.81. The third-order valence-electron chi connectivity index (χ3n) is 1.45. The van der Waals surface area contributed by atoms with Crippen molar-refractivity contribution in [2.45, 2.75) is 13.8 Å². The second-order valence-corrected chi connectivity index (χ2v) is 2.79. The average Bonchev–Trinajstić information content (AvgIpc) is 2.15. The van der Waals surface area contributed by atoms with Crippen LogP contribution < -0.4 is 4.74 Å². The van der Waals surface area contributed by atoms with Gasteiger partial charge >= 0.3 is 11.9 Å². The molecule has 0 aromatic heterocycles. The number of esters is 2. The van der Waals surface area contributed by atoms with Crippen LogP contribution in [0.1, 0.15) is 19.4 Å². The van der Waals surface area contributed by atoms with Crippen LogP contribution in [0, 0.1) is 6.61 Å². The van der Waals surface area contributed by atoms with Gasteiger partial charge < -0.3 is 9.47 Å². The van der Waals surface area contributed by atoms with Crippen LogP contribution in [0.3, 0.4) is 0 Å². The maximum absolute atomic E-state index is 10.7. The summed E-state index contributed by atoms with van der Waals surface area (Å²) >= 11 is 0. The molecule has 1 aromatic rings. The van der Waals surface area contributed by atoms with E-state index in [2.05, 4.69) is 11.3 Å². The largest absolute Gasteiger partial charge is 0.444 e. The molecule has 0 atom stereocenters. The molecule has 4 nitrogen and oxygen atoms in total. The molecule has 0 aliphatic carbocycles. The minimum atomic E-state index is -0.479. The summed E-state index contributed by atoms with van der Waals surface area (Å²) in [6.07, 6.45) is 0. The van der Waals surface area contributed by atoms with E-state index in [0.717, 1.165) is 0 Å². The van der Waals surface area contributed by atoms with E-state index in [9.17, 15) is 9.59 Å². The predicted molar refractivity (Wildman–Crippen MR) is 51.9 cm³/mol. The van der Waals surface area contributed by atoms with Crippen molar-refractivity contribution in [1.29, 1.82) is 0 Å². The van der Waals surface area contributed by atoms with Crippen LogP contribution >= 0.6 is 0 Å². The number of carbonyl (C=O) groups is 2. The molecule has 4 heteroatoms. The van der Waals surface area contributed by atoms with Gasteiger partial charge in [-0.25, -0.2) is 0 Å². The fraction of sp³-hybridized carbons (Fsp3) is 0.182. The van der Waals surface area contributed by atoms with Crippen molar-refractivity contribution < 1.29 is 19.1 Å². The van der Waals surface area contributed by atoms with Crippen molar-refractivity contribution in [3.8, 4) is 5.75 Å². The first kappa shape index (κ1) is 11.2. The fourth-order valence-corrected chi connectivity index (χ4v) is 0.922. The van der Waals surface area contributed by atoms with E-state index in [1.165, 1.54) is 13.8 Å². The highest BCUT2D eigenvalue weighted by Crippen LogP contribution is 2.20. The van der Waals surface area contributed by atoms with Gasteiger partial charge in [0.15, 0.2) is 0 Å². The summed E-state index contributed by atoms with van der Waals surface area (Å²) in [5, 5.41) is 0. The predicted octanol–water partition coefficient (Wildman–Crippen LogP) is 1.56. The molecule has 0 unspecified atom stereocenters.